The number of alkyl halides is 3. The molecule has 1 aromatic rings. The fourth-order valence-corrected chi connectivity index (χ4v) is 1.50. The molecule has 0 saturated heterocycles. The zero-order chi connectivity index (χ0) is 12.3. The van der Waals surface area contributed by atoms with Crippen LogP contribution in [0.25, 0.3) is 0 Å². The van der Waals surface area contributed by atoms with E-state index in [1.54, 1.807) is 22.6 Å². The van der Waals surface area contributed by atoms with Gasteiger partial charge in [-0.15, -0.1) is 0 Å². The maximum absolute atomic E-state index is 12.8. The van der Waals surface area contributed by atoms with Gasteiger partial charge in [0.2, 0.25) is 5.95 Å². The molecule has 2 N–H and O–H groups in total. The van der Waals surface area contributed by atoms with Crippen LogP contribution < -0.4 is 5.32 Å². The number of nitrogens with zero attached hydrogens (tertiary/aromatic N) is 1. The van der Waals surface area contributed by atoms with E-state index in [4.69, 9.17) is 5.11 Å². The van der Waals surface area contributed by atoms with Crippen molar-refractivity contribution in [1.82, 2.24) is 4.98 Å². The highest BCUT2D eigenvalue weighted by molar-refractivity contribution is 14.1. The van der Waals surface area contributed by atoms with Crippen LogP contribution in [0.5, 0.6) is 0 Å². The summed E-state index contributed by atoms with van der Waals surface area (Å²) in [5.41, 5.74) is 0. The van der Waals surface area contributed by atoms with Crippen molar-refractivity contribution in [2.45, 2.75) is 12.2 Å². The molecule has 1 aromatic heterocycles. The van der Waals surface area contributed by atoms with Crippen molar-refractivity contribution in [2.24, 2.45) is 0 Å². The lowest BCUT2D eigenvalue weighted by molar-refractivity contribution is -0.149. The van der Waals surface area contributed by atoms with Crippen molar-refractivity contribution in [3.8, 4) is 0 Å². The van der Waals surface area contributed by atoms with Crippen molar-refractivity contribution in [3.05, 3.63) is 21.7 Å². The van der Waals surface area contributed by atoms with Crippen molar-refractivity contribution >= 4 is 28.4 Å². The molecule has 0 bridgehead atoms. The Kier molecular flexibility index (Phi) is 4.30. The second kappa shape index (κ2) is 5.13. The van der Waals surface area contributed by atoms with Gasteiger partial charge in [0.25, 0.3) is 0 Å². The molecule has 0 fully saturated rings. The Balaban J connectivity index is 2.86. The second-order valence-electron chi connectivity index (χ2n) is 2.91. The number of pyridine rings is 1. The summed E-state index contributed by atoms with van der Waals surface area (Å²) in [6.45, 7) is -1.14. The zero-order valence-electron chi connectivity index (χ0n) is 7.72. The van der Waals surface area contributed by atoms with Gasteiger partial charge in [0.1, 0.15) is 11.9 Å². The molecular weight excluding hydrogens is 343 g/mol. The molecular formula is C8H7F4IN2O. The number of aliphatic hydroxyl groups excluding tert-OH is 1. The Morgan fingerprint density at radius 2 is 2.06 bits per heavy atom. The first-order valence-corrected chi connectivity index (χ1v) is 5.18. The Morgan fingerprint density at radius 1 is 1.44 bits per heavy atom. The monoisotopic (exact) mass is 350 g/mol. The standard InChI is InChI=1S/C8H7F4IN2O/c9-6-1-4(13)2-7(15-6)14-5(3-16)8(10,11)12/h1-2,5,16H,3H2,(H,14,15)/t5-/m0/s1. The van der Waals surface area contributed by atoms with Crippen molar-refractivity contribution in [2.75, 3.05) is 11.9 Å². The first-order valence-electron chi connectivity index (χ1n) is 4.10. The van der Waals surface area contributed by atoms with Crippen LogP contribution in [0.4, 0.5) is 23.4 Å². The molecule has 0 aromatic carbocycles. The van der Waals surface area contributed by atoms with E-state index in [1.807, 2.05) is 5.32 Å². The summed E-state index contributed by atoms with van der Waals surface area (Å²) in [7, 11) is 0. The van der Waals surface area contributed by atoms with Gasteiger partial charge in [0, 0.05) is 9.64 Å². The molecule has 0 aliphatic heterocycles. The number of nitrogens with one attached hydrogen (secondary N) is 1. The normalized spacial score (nSPS) is 13.6. The Labute approximate surface area is 102 Å². The van der Waals surface area contributed by atoms with E-state index in [-0.39, 0.29) is 5.82 Å². The largest absolute Gasteiger partial charge is 0.410 e. The van der Waals surface area contributed by atoms with Crippen molar-refractivity contribution < 1.29 is 22.7 Å². The van der Waals surface area contributed by atoms with Gasteiger partial charge >= 0.3 is 6.18 Å². The predicted molar refractivity (Wildman–Crippen MR) is 57.5 cm³/mol. The molecule has 3 nitrogen and oxygen atoms in total. The van der Waals surface area contributed by atoms with Gasteiger partial charge in [-0.1, -0.05) is 0 Å². The smallest absolute Gasteiger partial charge is 0.394 e. The van der Waals surface area contributed by atoms with Crippen molar-refractivity contribution in [1.29, 1.82) is 0 Å². The summed E-state index contributed by atoms with van der Waals surface area (Å²) in [5, 5.41) is 10.5. The van der Waals surface area contributed by atoms with Crippen LogP contribution in [0, 0.1) is 9.52 Å². The van der Waals surface area contributed by atoms with Crippen molar-refractivity contribution in [3.63, 3.8) is 0 Å². The van der Waals surface area contributed by atoms with E-state index < -0.39 is 24.8 Å². The highest BCUT2D eigenvalue weighted by Crippen LogP contribution is 2.23. The topological polar surface area (TPSA) is 45.1 Å². The molecule has 0 amide bonds. The van der Waals surface area contributed by atoms with Gasteiger partial charge in [0.15, 0.2) is 0 Å². The number of anilines is 1. The van der Waals surface area contributed by atoms with Gasteiger partial charge in [0.05, 0.1) is 6.61 Å². The Hall–Kier alpha value is -0.640. The number of aliphatic hydroxyl groups is 1. The minimum Gasteiger partial charge on any atom is -0.394 e. The minimum atomic E-state index is -4.62. The first-order chi connectivity index (χ1) is 7.32. The van der Waals surface area contributed by atoms with Crippen LogP contribution in [0.3, 0.4) is 0 Å². The van der Waals surface area contributed by atoms with Gasteiger partial charge < -0.3 is 10.4 Å². The predicted octanol–water partition coefficient (Wildman–Crippen LogP) is 2.16. The lowest BCUT2D eigenvalue weighted by atomic mass is 10.3. The molecule has 0 aliphatic carbocycles. The van der Waals surface area contributed by atoms with Gasteiger partial charge in [-0.2, -0.15) is 17.6 Å². The third kappa shape index (κ3) is 3.74. The first kappa shape index (κ1) is 13.4. The maximum Gasteiger partial charge on any atom is 0.410 e. The maximum atomic E-state index is 12.8. The average Bonchev–Trinajstić information content (AvgIpc) is 2.10. The molecule has 0 saturated carbocycles. The average molecular weight is 350 g/mol. The van der Waals surface area contributed by atoms with Crippen LogP contribution in [0.15, 0.2) is 12.1 Å². The molecule has 1 heterocycles. The van der Waals surface area contributed by atoms with Gasteiger partial charge in [-0.05, 0) is 28.7 Å². The molecule has 1 rings (SSSR count). The molecule has 0 radical (unpaired) electrons. The van der Waals surface area contributed by atoms with E-state index >= 15 is 0 Å². The summed E-state index contributed by atoms with van der Waals surface area (Å²) >= 11 is 1.75. The summed E-state index contributed by atoms with van der Waals surface area (Å²) in [5.74, 6) is -1.14. The Bertz CT molecular complexity index is 351. The summed E-state index contributed by atoms with van der Waals surface area (Å²) in [6.07, 6.45) is -4.62. The number of hydrogen-bond donors (Lipinski definition) is 2. The summed E-state index contributed by atoms with van der Waals surface area (Å²) in [6, 6.07) is 0.170. The van der Waals surface area contributed by atoms with Crippen LogP contribution in [0.2, 0.25) is 0 Å². The minimum absolute atomic E-state index is 0.263. The Morgan fingerprint density at radius 3 is 2.50 bits per heavy atom. The molecule has 16 heavy (non-hydrogen) atoms. The third-order valence-electron chi connectivity index (χ3n) is 1.66. The number of halogens is 5. The van der Waals surface area contributed by atoms with E-state index in [1.165, 1.54) is 6.07 Å². The molecule has 0 unspecified atom stereocenters. The van der Waals surface area contributed by atoms with Gasteiger partial charge in [-0.3, -0.25) is 0 Å². The van der Waals surface area contributed by atoms with E-state index in [2.05, 4.69) is 4.98 Å². The molecule has 8 heteroatoms. The quantitative estimate of drug-likeness (QED) is 0.499. The van der Waals surface area contributed by atoms with Crippen LogP contribution >= 0.6 is 22.6 Å². The highest BCUT2D eigenvalue weighted by Gasteiger charge is 2.39. The lowest BCUT2D eigenvalue weighted by Gasteiger charge is -2.19. The van der Waals surface area contributed by atoms with E-state index in [0.29, 0.717) is 3.57 Å². The second-order valence-corrected chi connectivity index (χ2v) is 4.16. The van der Waals surface area contributed by atoms with Gasteiger partial charge in [-0.25, -0.2) is 4.98 Å². The fourth-order valence-electron chi connectivity index (χ4n) is 0.949. The zero-order valence-corrected chi connectivity index (χ0v) is 9.88. The van der Waals surface area contributed by atoms with Crippen LogP contribution in [-0.2, 0) is 0 Å². The fraction of sp³-hybridized carbons (Fsp3) is 0.375. The number of aromatic nitrogens is 1. The van der Waals surface area contributed by atoms with E-state index in [9.17, 15) is 17.6 Å². The number of hydrogen-bond acceptors (Lipinski definition) is 3. The molecule has 0 aliphatic rings. The third-order valence-corrected chi connectivity index (χ3v) is 2.28. The molecule has 90 valence electrons. The number of rotatable bonds is 3. The lowest BCUT2D eigenvalue weighted by Crippen LogP contribution is -2.39. The van der Waals surface area contributed by atoms with Crippen LogP contribution in [-0.4, -0.2) is 28.9 Å². The van der Waals surface area contributed by atoms with Crippen LogP contribution in [0.1, 0.15) is 0 Å². The van der Waals surface area contributed by atoms with E-state index in [0.717, 1.165) is 6.07 Å². The summed E-state index contributed by atoms with van der Waals surface area (Å²) in [4.78, 5) is 3.24. The SMILES string of the molecule is OC[C@H](Nc1cc(I)cc(F)n1)C(F)(F)F. The molecule has 0 spiro atoms. The summed E-state index contributed by atoms with van der Waals surface area (Å²) < 4.78 is 50.0. The molecule has 1 atom stereocenters. The highest BCUT2D eigenvalue weighted by atomic mass is 127.